The Kier molecular flexibility index (Phi) is 4.64. The van der Waals surface area contributed by atoms with Crippen LogP contribution >= 0.6 is 11.3 Å². The average Bonchev–Trinajstić information content (AvgIpc) is 2.87. The molecular formula is C14H15NO5S. The molecule has 0 radical (unpaired) electrons. The summed E-state index contributed by atoms with van der Waals surface area (Å²) in [7, 11) is 1.57. The summed E-state index contributed by atoms with van der Waals surface area (Å²) in [6.07, 6.45) is -0.668. The molecule has 0 fully saturated rings. The summed E-state index contributed by atoms with van der Waals surface area (Å²) in [5.41, 5.74) is 0. The topological polar surface area (TPSA) is 76.1 Å². The number of methoxy groups -OCH3 is 1. The summed E-state index contributed by atoms with van der Waals surface area (Å²) < 4.78 is 11.0. The lowest BCUT2D eigenvalue weighted by Crippen LogP contribution is -2.35. The Morgan fingerprint density at radius 2 is 2.10 bits per heavy atom. The van der Waals surface area contributed by atoms with Crippen LogP contribution in [-0.4, -0.2) is 37.4 Å². The smallest absolute Gasteiger partial charge is 0.415 e. The third kappa shape index (κ3) is 3.43. The van der Waals surface area contributed by atoms with Gasteiger partial charge in [-0.2, -0.15) is 0 Å². The number of carboxylic acids is 1. The van der Waals surface area contributed by atoms with Gasteiger partial charge in [0.15, 0.2) is 0 Å². The fraction of sp³-hybridized carbons (Fsp3) is 0.286. The number of fused-ring (bicyclic) bond motifs is 1. The summed E-state index contributed by atoms with van der Waals surface area (Å²) in [6.45, 7) is 1.42. The SMILES string of the molecule is CCOC(=O)N(CC(=O)O)c1cc2cc(OC)ccc2s1. The number of hydrogen-bond acceptors (Lipinski definition) is 5. The lowest BCUT2D eigenvalue weighted by molar-refractivity contribution is -0.135. The molecule has 2 rings (SSSR count). The third-order valence-electron chi connectivity index (χ3n) is 2.76. The molecule has 0 aliphatic carbocycles. The van der Waals surface area contributed by atoms with Crippen LogP contribution in [0.25, 0.3) is 10.1 Å². The Morgan fingerprint density at radius 3 is 2.71 bits per heavy atom. The van der Waals surface area contributed by atoms with E-state index in [1.165, 1.54) is 11.3 Å². The first-order valence-electron chi connectivity index (χ1n) is 6.28. The largest absolute Gasteiger partial charge is 0.497 e. The number of carboxylic acid groups (broad SMARTS) is 1. The van der Waals surface area contributed by atoms with Crippen molar-refractivity contribution < 1.29 is 24.2 Å². The number of nitrogens with zero attached hydrogens (tertiary/aromatic N) is 1. The lowest BCUT2D eigenvalue weighted by atomic mass is 10.2. The van der Waals surface area contributed by atoms with Crippen molar-refractivity contribution >= 4 is 38.5 Å². The molecule has 0 bridgehead atoms. The van der Waals surface area contributed by atoms with Crippen LogP contribution in [0.5, 0.6) is 5.75 Å². The van der Waals surface area contributed by atoms with E-state index in [1.807, 2.05) is 18.2 Å². The molecule has 0 aliphatic heterocycles. The molecule has 1 aromatic heterocycles. The molecule has 1 aromatic carbocycles. The summed E-state index contributed by atoms with van der Waals surface area (Å²) in [4.78, 5) is 24.0. The molecule has 0 saturated heterocycles. The maximum absolute atomic E-state index is 11.9. The van der Waals surface area contributed by atoms with Crippen molar-refractivity contribution in [2.24, 2.45) is 0 Å². The standard InChI is InChI=1S/C14H15NO5S/c1-3-20-14(18)15(8-13(16)17)12-7-9-6-10(19-2)4-5-11(9)21-12/h4-7H,3,8H2,1-2H3,(H,16,17). The first-order chi connectivity index (χ1) is 10.0. The van der Waals surface area contributed by atoms with Gasteiger partial charge in [-0.25, -0.2) is 4.79 Å². The van der Waals surface area contributed by atoms with Crippen molar-refractivity contribution in [1.29, 1.82) is 0 Å². The molecule has 7 heteroatoms. The van der Waals surface area contributed by atoms with E-state index in [2.05, 4.69) is 0 Å². The molecule has 0 saturated carbocycles. The molecule has 0 unspecified atom stereocenters. The number of ether oxygens (including phenoxy) is 2. The molecule has 0 spiro atoms. The van der Waals surface area contributed by atoms with Crippen LogP contribution in [0.2, 0.25) is 0 Å². The van der Waals surface area contributed by atoms with E-state index in [0.717, 1.165) is 15.0 Å². The van der Waals surface area contributed by atoms with Crippen molar-refractivity contribution in [3.05, 3.63) is 24.3 Å². The third-order valence-corrected chi connectivity index (χ3v) is 3.90. The van der Waals surface area contributed by atoms with E-state index < -0.39 is 18.6 Å². The normalized spacial score (nSPS) is 10.4. The summed E-state index contributed by atoms with van der Waals surface area (Å²) in [5, 5.41) is 10.4. The Morgan fingerprint density at radius 1 is 1.33 bits per heavy atom. The Hall–Kier alpha value is -2.28. The Balaban J connectivity index is 2.39. The highest BCUT2D eigenvalue weighted by atomic mass is 32.1. The molecular weight excluding hydrogens is 294 g/mol. The fourth-order valence-electron chi connectivity index (χ4n) is 1.84. The van der Waals surface area contributed by atoms with Gasteiger partial charge in [-0.3, -0.25) is 9.69 Å². The van der Waals surface area contributed by atoms with Crippen LogP contribution in [0.3, 0.4) is 0 Å². The van der Waals surface area contributed by atoms with E-state index in [4.69, 9.17) is 14.6 Å². The zero-order chi connectivity index (χ0) is 15.4. The Labute approximate surface area is 125 Å². The van der Waals surface area contributed by atoms with Crippen LogP contribution < -0.4 is 9.64 Å². The summed E-state index contributed by atoms with van der Waals surface area (Å²) in [5.74, 6) is -0.397. The number of rotatable bonds is 5. The number of hydrogen-bond donors (Lipinski definition) is 1. The molecule has 6 nitrogen and oxygen atoms in total. The van der Waals surface area contributed by atoms with Gasteiger partial charge >= 0.3 is 12.1 Å². The zero-order valence-electron chi connectivity index (χ0n) is 11.7. The van der Waals surface area contributed by atoms with E-state index in [0.29, 0.717) is 10.8 Å². The van der Waals surface area contributed by atoms with Gasteiger partial charge in [-0.05, 0) is 36.6 Å². The Bertz CT molecular complexity index is 666. The van der Waals surface area contributed by atoms with Crippen LogP contribution in [0.15, 0.2) is 24.3 Å². The minimum atomic E-state index is -1.10. The van der Waals surface area contributed by atoms with Crippen LogP contribution in [-0.2, 0) is 9.53 Å². The van der Waals surface area contributed by atoms with Gasteiger partial charge in [0.25, 0.3) is 0 Å². The molecule has 0 atom stereocenters. The van der Waals surface area contributed by atoms with E-state index in [9.17, 15) is 9.59 Å². The van der Waals surface area contributed by atoms with Crippen molar-refractivity contribution in [3.8, 4) is 5.75 Å². The van der Waals surface area contributed by atoms with Crippen molar-refractivity contribution in [2.45, 2.75) is 6.92 Å². The predicted octanol–water partition coefficient (Wildman–Crippen LogP) is 2.96. The lowest BCUT2D eigenvalue weighted by Gasteiger charge is -2.17. The molecule has 112 valence electrons. The molecule has 2 aromatic rings. The van der Waals surface area contributed by atoms with Crippen LogP contribution in [0.1, 0.15) is 6.92 Å². The van der Waals surface area contributed by atoms with E-state index in [1.54, 1.807) is 20.1 Å². The second kappa shape index (κ2) is 6.45. The predicted molar refractivity (Wildman–Crippen MR) is 80.4 cm³/mol. The highest BCUT2D eigenvalue weighted by Gasteiger charge is 2.22. The molecule has 1 amide bonds. The monoisotopic (exact) mass is 309 g/mol. The quantitative estimate of drug-likeness (QED) is 0.919. The number of benzene rings is 1. The van der Waals surface area contributed by atoms with Crippen molar-refractivity contribution in [1.82, 2.24) is 0 Å². The minimum absolute atomic E-state index is 0.188. The van der Waals surface area contributed by atoms with Gasteiger partial charge < -0.3 is 14.6 Å². The maximum Gasteiger partial charge on any atom is 0.415 e. The highest BCUT2D eigenvalue weighted by Crippen LogP contribution is 2.34. The number of amides is 1. The first-order valence-corrected chi connectivity index (χ1v) is 7.10. The fourth-order valence-corrected chi connectivity index (χ4v) is 2.87. The van der Waals surface area contributed by atoms with Gasteiger partial charge in [0.2, 0.25) is 0 Å². The van der Waals surface area contributed by atoms with Gasteiger partial charge in [0, 0.05) is 4.70 Å². The second-order valence-electron chi connectivity index (χ2n) is 4.17. The highest BCUT2D eigenvalue weighted by molar-refractivity contribution is 7.23. The molecule has 0 aliphatic rings. The number of carbonyl (C=O) groups excluding carboxylic acids is 1. The average molecular weight is 309 g/mol. The van der Waals surface area contributed by atoms with Crippen LogP contribution in [0, 0.1) is 0 Å². The summed E-state index contributed by atoms with van der Waals surface area (Å²) >= 11 is 1.33. The second-order valence-corrected chi connectivity index (χ2v) is 5.23. The first kappa shape index (κ1) is 15.1. The van der Waals surface area contributed by atoms with Crippen molar-refractivity contribution in [3.63, 3.8) is 0 Å². The van der Waals surface area contributed by atoms with Gasteiger partial charge in [-0.1, -0.05) is 0 Å². The van der Waals surface area contributed by atoms with Crippen LogP contribution in [0.4, 0.5) is 9.80 Å². The van der Waals surface area contributed by atoms with Gasteiger partial charge in [-0.15, -0.1) is 11.3 Å². The number of thiophene rings is 1. The van der Waals surface area contributed by atoms with Gasteiger partial charge in [0.05, 0.1) is 13.7 Å². The number of anilines is 1. The molecule has 21 heavy (non-hydrogen) atoms. The molecule has 1 N–H and O–H groups in total. The molecule has 1 heterocycles. The van der Waals surface area contributed by atoms with Gasteiger partial charge in [0.1, 0.15) is 17.3 Å². The number of aliphatic carboxylic acids is 1. The van der Waals surface area contributed by atoms with Crippen molar-refractivity contribution in [2.75, 3.05) is 25.2 Å². The maximum atomic E-state index is 11.9. The van der Waals surface area contributed by atoms with E-state index >= 15 is 0 Å². The zero-order valence-corrected chi connectivity index (χ0v) is 12.5. The number of carbonyl (C=O) groups is 2. The van der Waals surface area contributed by atoms with E-state index in [-0.39, 0.29) is 6.61 Å². The summed E-state index contributed by atoms with van der Waals surface area (Å²) in [6, 6.07) is 7.27. The minimum Gasteiger partial charge on any atom is -0.497 e.